The van der Waals surface area contributed by atoms with Crippen molar-refractivity contribution in [2.45, 2.75) is 83.5 Å². The van der Waals surface area contributed by atoms with Gasteiger partial charge in [0.1, 0.15) is 19.3 Å². The molecule has 0 aliphatic carbocycles. The van der Waals surface area contributed by atoms with Crippen molar-refractivity contribution in [2.24, 2.45) is 0 Å². The van der Waals surface area contributed by atoms with Crippen molar-refractivity contribution in [1.29, 1.82) is 0 Å². The standard InChI is InChI=1S/C30H44N2O8Si/c1-21(2)41(22(3)4,23(5)6)40-20-26(33)27(28(34)37-7)32(30(36)39-19-25-16-12-9-13-17-25)31-29(35)38-18-24-14-10-8-11-15-24/h8-17,21-23,26-27,33H,18-20H2,1-7H3,(H,31,35)/t26-,27+/m1/s1. The summed E-state index contributed by atoms with van der Waals surface area (Å²) in [7, 11) is -1.32. The Bertz CT molecular complexity index is 1080. The van der Waals surface area contributed by atoms with Gasteiger partial charge in [0.15, 0.2) is 14.4 Å². The van der Waals surface area contributed by atoms with E-state index >= 15 is 0 Å². The van der Waals surface area contributed by atoms with Crippen LogP contribution in [0, 0.1) is 0 Å². The van der Waals surface area contributed by atoms with Gasteiger partial charge in [-0.1, -0.05) is 102 Å². The third kappa shape index (κ3) is 9.30. The number of carbonyl (C=O) groups is 3. The van der Waals surface area contributed by atoms with Crippen LogP contribution in [0.2, 0.25) is 16.6 Å². The first-order valence-corrected chi connectivity index (χ1v) is 15.9. The average Bonchev–Trinajstić information content (AvgIpc) is 2.95. The van der Waals surface area contributed by atoms with Crippen LogP contribution < -0.4 is 5.43 Å². The van der Waals surface area contributed by atoms with Gasteiger partial charge in [0.25, 0.3) is 0 Å². The van der Waals surface area contributed by atoms with Gasteiger partial charge in [-0.05, 0) is 27.8 Å². The number of methoxy groups -OCH3 is 1. The predicted molar refractivity (Wildman–Crippen MR) is 157 cm³/mol. The van der Waals surface area contributed by atoms with Gasteiger partial charge in [-0.15, -0.1) is 0 Å². The molecule has 2 rings (SSSR count). The normalized spacial score (nSPS) is 13.0. The second kappa shape index (κ2) is 16.1. The second-order valence-corrected chi connectivity index (χ2v) is 16.2. The Kier molecular flexibility index (Phi) is 13.3. The fourth-order valence-corrected chi connectivity index (χ4v) is 10.7. The molecule has 0 saturated carbocycles. The number of hydrogen-bond acceptors (Lipinski definition) is 8. The van der Waals surface area contributed by atoms with E-state index in [1.165, 1.54) is 0 Å². The lowest BCUT2D eigenvalue weighted by Crippen LogP contribution is -2.61. The van der Waals surface area contributed by atoms with Gasteiger partial charge in [0.05, 0.1) is 13.7 Å². The van der Waals surface area contributed by atoms with Gasteiger partial charge in [0.2, 0.25) is 0 Å². The van der Waals surface area contributed by atoms with Crippen molar-refractivity contribution in [2.75, 3.05) is 13.7 Å². The third-order valence-electron chi connectivity index (χ3n) is 7.12. The van der Waals surface area contributed by atoms with Crippen LogP contribution in [0.15, 0.2) is 60.7 Å². The molecule has 226 valence electrons. The van der Waals surface area contributed by atoms with Gasteiger partial charge in [-0.25, -0.2) is 19.8 Å². The number of ether oxygens (including phenoxy) is 3. The van der Waals surface area contributed by atoms with Crippen molar-refractivity contribution < 1.29 is 38.1 Å². The van der Waals surface area contributed by atoms with Crippen molar-refractivity contribution in [1.82, 2.24) is 10.4 Å². The topological polar surface area (TPSA) is 124 Å². The van der Waals surface area contributed by atoms with E-state index < -0.39 is 38.6 Å². The zero-order valence-electron chi connectivity index (χ0n) is 25.0. The Morgan fingerprint density at radius 2 is 1.27 bits per heavy atom. The summed E-state index contributed by atoms with van der Waals surface area (Å²) in [6.07, 6.45) is -3.66. The summed E-state index contributed by atoms with van der Waals surface area (Å²) >= 11 is 0. The van der Waals surface area contributed by atoms with E-state index in [-0.39, 0.29) is 36.4 Å². The van der Waals surface area contributed by atoms with Crippen LogP contribution in [0.5, 0.6) is 0 Å². The molecule has 0 radical (unpaired) electrons. The number of nitrogens with one attached hydrogen (secondary N) is 1. The van der Waals surface area contributed by atoms with Crippen molar-refractivity contribution in [3.8, 4) is 0 Å². The van der Waals surface area contributed by atoms with E-state index in [0.717, 1.165) is 12.7 Å². The molecule has 10 nitrogen and oxygen atoms in total. The number of hydrazine groups is 1. The monoisotopic (exact) mass is 588 g/mol. The molecule has 11 heteroatoms. The van der Waals surface area contributed by atoms with E-state index in [4.69, 9.17) is 18.6 Å². The molecule has 0 aliphatic rings. The van der Waals surface area contributed by atoms with Gasteiger partial charge in [-0.2, -0.15) is 5.01 Å². The summed E-state index contributed by atoms with van der Waals surface area (Å²) in [5, 5.41) is 11.9. The Morgan fingerprint density at radius 1 is 0.805 bits per heavy atom. The zero-order chi connectivity index (χ0) is 30.6. The minimum absolute atomic E-state index is 0.0839. The molecule has 0 fully saturated rings. The molecule has 2 aromatic carbocycles. The van der Waals surface area contributed by atoms with Crippen molar-refractivity contribution in [3.63, 3.8) is 0 Å². The van der Waals surface area contributed by atoms with Crippen LogP contribution in [0.3, 0.4) is 0 Å². The number of hydrogen-bond donors (Lipinski definition) is 2. The first-order chi connectivity index (χ1) is 19.4. The lowest BCUT2D eigenvalue weighted by Gasteiger charge is -2.43. The van der Waals surface area contributed by atoms with Gasteiger partial charge >= 0.3 is 18.2 Å². The van der Waals surface area contributed by atoms with E-state index in [1.807, 2.05) is 12.1 Å². The Morgan fingerprint density at radius 3 is 1.71 bits per heavy atom. The summed E-state index contributed by atoms with van der Waals surface area (Å²) in [5.74, 6) is -0.966. The molecular weight excluding hydrogens is 544 g/mol. The highest BCUT2D eigenvalue weighted by Crippen LogP contribution is 2.42. The smallest absolute Gasteiger partial charge is 0.430 e. The first-order valence-electron chi connectivity index (χ1n) is 13.8. The largest absolute Gasteiger partial charge is 0.467 e. The maximum Gasteiger partial charge on any atom is 0.430 e. The summed E-state index contributed by atoms with van der Waals surface area (Å²) in [6.45, 7) is 12.1. The van der Waals surface area contributed by atoms with Gasteiger partial charge < -0.3 is 23.7 Å². The molecule has 2 aromatic rings. The van der Waals surface area contributed by atoms with Crippen molar-refractivity contribution >= 4 is 26.5 Å². The van der Waals surface area contributed by atoms with E-state index in [9.17, 15) is 19.5 Å². The number of esters is 1. The number of amides is 2. The highest BCUT2D eigenvalue weighted by Gasteiger charge is 2.47. The Labute approximate surface area is 244 Å². The number of carbonyl (C=O) groups excluding carboxylic acids is 3. The number of aliphatic hydroxyl groups is 1. The lowest BCUT2D eigenvalue weighted by atomic mass is 10.1. The highest BCUT2D eigenvalue weighted by molar-refractivity contribution is 6.77. The Balaban J connectivity index is 2.32. The molecule has 0 unspecified atom stereocenters. The minimum atomic E-state index is -2.44. The van der Waals surface area contributed by atoms with E-state index in [0.29, 0.717) is 10.6 Å². The molecule has 2 atom stereocenters. The highest BCUT2D eigenvalue weighted by atomic mass is 28.4. The first kappa shape index (κ1) is 33.8. The van der Waals surface area contributed by atoms with Crippen LogP contribution in [-0.4, -0.2) is 62.5 Å². The minimum Gasteiger partial charge on any atom is -0.467 e. The molecule has 2 N–H and O–H groups in total. The van der Waals surface area contributed by atoms with Crippen LogP contribution in [0.4, 0.5) is 9.59 Å². The molecule has 0 aromatic heterocycles. The number of rotatable bonds is 13. The fourth-order valence-electron chi connectivity index (χ4n) is 5.25. The fraction of sp³-hybridized carbons (Fsp3) is 0.500. The summed E-state index contributed by atoms with van der Waals surface area (Å²) in [4.78, 5) is 39.1. The van der Waals surface area contributed by atoms with Crippen LogP contribution in [0.1, 0.15) is 52.7 Å². The molecular formula is C30H44N2O8Si. The summed E-state index contributed by atoms with van der Waals surface area (Å²) < 4.78 is 22.1. The molecule has 2 amide bonds. The van der Waals surface area contributed by atoms with Gasteiger partial charge in [-0.3, -0.25) is 0 Å². The number of nitrogens with zero attached hydrogens (tertiary/aromatic N) is 1. The predicted octanol–water partition coefficient (Wildman–Crippen LogP) is 5.56. The molecule has 0 aliphatic heterocycles. The second-order valence-electron chi connectivity index (χ2n) is 10.7. The van der Waals surface area contributed by atoms with Crippen LogP contribution >= 0.6 is 0 Å². The van der Waals surface area contributed by atoms with Crippen LogP contribution in [0.25, 0.3) is 0 Å². The summed E-state index contributed by atoms with van der Waals surface area (Å²) in [6, 6.07) is 16.2. The Hall–Kier alpha value is -3.41. The van der Waals surface area contributed by atoms with E-state index in [1.54, 1.807) is 48.5 Å². The van der Waals surface area contributed by atoms with E-state index in [2.05, 4.69) is 47.0 Å². The molecule has 0 spiro atoms. The maximum absolute atomic E-state index is 13.3. The maximum atomic E-state index is 13.3. The number of benzene rings is 2. The molecule has 41 heavy (non-hydrogen) atoms. The molecule has 0 saturated heterocycles. The lowest BCUT2D eigenvalue weighted by molar-refractivity contribution is -0.153. The third-order valence-corrected chi connectivity index (χ3v) is 13.2. The molecule has 0 heterocycles. The molecule has 0 bridgehead atoms. The zero-order valence-corrected chi connectivity index (χ0v) is 26.0. The summed E-state index contributed by atoms with van der Waals surface area (Å²) in [5.41, 5.74) is 4.32. The van der Waals surface area contributed by atoms with Crippen molar-refractivity contribution in [3.05, 3.63) is 71.8 Å². The average molecular weight is 589 g/mol. The SMILES string of the molecule is COC(=O)[C@H]([C@H](O)CO[Si](C(C)C)(C(C)C)C(C)C)N(NC(=O)OCc1ccccc1)C(=O)OCc1ccccc1. The van der Waals surface area contributed by atoms with Crippen LogP contribution in [-0.2, 0) is 36.6 Å². The number of aliphatic hydroxyl groups excluding tert-OH is 1. The van der Waals surface area contributed by atoms with Gasteiger partial charge in [0, 0.05) is 0 Å². The quantitative estimate of drug-likeness (QED) is 0.135.